The molecule has 1 heterocycles. The second kappa shape index (κ2) is 7.07. The average Bonchev–Trinajstić information content (AvgIpc) is 2.59. The first kappa shape index (κ1) is 13.7. The van der Waals surface area contributed by atoms with E-state index >= 15 is 0 Å². The minimum atomic E-state index is 0.730. The molecule has 1 rings (SSSR count). The Morgan fingerprint density at radius 3 is 2.88 bits per heavy atom. The summed E-state index contributed by atoms with van der Waals surface area (Å²) in [6.45, 7) is 9.72. The first-order chi connectivity index (χ1) is 7.65. The van der Waals surface area contributed by atoms with Gasteiger partial charge < -0.3 is 5.32 Å². The molecule has 0 bridgehead atoms. The van der Waals surface area contributed by atoms with Gasteiger partial charge in [-0.25, -0.2) is 0 Å². The van der Waals surface area contributed by atoms with E-state index in [1.165, 1.54) is 5.69 Å². The molecular weight excluding hydrogens is 266 g/mol. The molecule has 0 fully saturated rings. The van der Waals surface area contributed by atoms with Crippen LogP contribution in [0.3, 0.4) is 0 Å². The second-order valence-corrected chi connectivity index (χ2v) is 5.31. The van der Waals surface area contributed by atoms with Crippen LogP contribution in [0.2, 0.25) is 0 Å². The molecule has 0 saturated heterocycles. The molecular formula is C12H22BrN3. The second-order valence-electron chi connectivity index (χ2n) is 4.46. The third-order valence-electron chi connectivity index (χ3n) is 2.52. The van der Waals surface area contributed by atoms with Crippen molar-refractivity contribution in [2.75, 3.05) is 13.1 Å². The average molecular weight is 288 g/mol. The minimum Gasteiger partial charge on any atom is -0.316 e. The highest BCUT2D eigenvalue weighted by molar-refractivity contribution is 9.10. The molecule has 0 radical (unpaired) electrons. The summed E-state index contributed by atoms with van der Waals surface area (Å²) in [6.07, 6.45) is 4.14. The van der Waals surface area contributed by atoms with Gasteiger partial charge in [0.05, 0.1) is 16.4 Å². The van der Waals surface area contributed by atoms with Crippen LogP contribution in [0.4, 0.5) is 0 Å². The largest absolute Gasteiger partial charge is 0.316 e. The van der Waals surface area contributed by atoms with Crippen LogP contribution < -0.4 is 5.32 Å². The van der Waals surface area contributed by atoms with Crippen molar-refractivity contribution in [3.63, 3.8) is 0 Å². The normalized spacial score (nSPS) is 11.3. The first-order valence-electron chi connectivity index (χ1n) is 6.06. The summed E-state index contributed by atoms with van der Waals surface area (Å²) in [7, 11) is 0. The molecule has 0 atom stereocenters. The highest BCUT2D eigenvalue weighted by Gasteiger charge is 2.06. The molecule has 0 spiro atoms. The molecule has 92 valence electrons. The summed E-state index contributed by atoms with van der Waals surface area (Å²) in [6, 6.07) is 0. The van der Waals surface area contributed by atoms with Crippen LogP contribution >= 0.6 is 15.9 Å². The lowest BCUT2D eigenvalue weighted by Crippen LogP contribution is -2.21. The van der Waals surface area contributed by atoms with E-state index in [4.69, 9.17) is 0 Å². The zero-order valence-electron chi connectivity index (χ0n) is 10.5. The smallest absolute Gasteiger partial charge is 0.0635 e. The molecule has 0 aliphatic carbocycles. The van der Waals surface area contributed by atoms with Gasteiger partial charge in [-0.05, 0) is 54.7 Å². The zero-order valence-corrected chi connectivity index (χ0v) is 12.0. The standard InChI is InChI=1S/C12H22BrN3/c1-4-16-12(11(13)9-15-16)6-5-7-14-8-10(2)3/h9-10,14H,4-8H2,1-3H3. The topological polar surface area (TPSA) is 29.9 Å². The van der Waals surface area contributed by atoms with Crippen molar-refractivity contribution in [2.24, 2.45) is 5.92 Å². The SMILES string of the molecule is CCn1ncc(Br)c1CCCNCC(C)C. The number of rotatable bonds is 7. The maximum absolute atomic E-state index is 4.31. The monoisotopic (exact) mass is 287 g/mol. The van der Waals surface area contributed by atoms with Gasteiger partial charge in [0.2, 0.25) is 0 Å². The van der Waals surface area contributed by atoms with Gasteiger partial charge in [0.25, 0.3) is 0 Å². The Hall–Kier alpha value is -0.350. The quantitative estimate of drug-likeness (QED) is 0.782. The van der Waals surface area contributed by atoms with E-state index in [9.17, 15) is 0 Å². The Balaban J connectivity index is 2.28. The molecule has 3 nitrogen and oxygen atoms in total. The highest BCUT2D eigenvalue weighted by atomic mass is 79.9. The van der Waals surface area contributed by atoms with E-state index in [0.717, 1.165) is 42.9 Å². The number of hydrogen-bond donors (Lipinski definition) is 1. The summed E-state index contributed by atoms with van der Waals surface area (Å²) in [5, 5.41) is 7.77. The zero-order chi connectivity index (χ0) is 12.0. The van der Waals surface area contributed by atoms with Gasteiger partial charge in [0.1, 0.15) is 0 Å². The molecule has 4 heteroatoms. The molecule has 0 aliphatic heterocycles. The molecule has 0 unspecified atom stereocenters. The van der Waals surface area contributed by atoms with Gasteiger partial charge in [-0.3, -0.25) is 4.68 Å². The van der Waals surface area contributed by atoms with E-state index in [2.05, 4.69) is 51.8 Å². The predicted octanol–water partition coefficient (Wildman–Crippen LogP) is 2.84. The highest BCUT2D eigenvalue weighted by Crippen LogP contribution is 2.17. The summed E-state index contributed by atoms with van der Waals surface area (Å²) in [5.74, 6) is 0.730. The number of nitrogens with one attached hydrogen (secondary N) is 1. The minimum absolute atomic E-state index is 0.730. The van der Waals surface area contributed by atoms with Crippen LogP contribution in [-0.4, -0.2) is 22.9 Å². The lowest BCUT2D eigenvalue weighted by molar-refractivity contribution is 0.534. The van der Waals surface area contributed by atoms with Gasteiger partial charge >= 0.3 is 0 Å². The summed E-state index contributed by atoms with van der Waals surface area (Å²) in [5.41, 5.74) is 1.31. The molecule has 0 saturated carbocycles. The van der Waals surface area contributed by atoms with Gasteiger partial charge in [-0.2, -0.15) is 5.10 Å². The van der Waals surface area contributed by atoms with Crippen LogP contribution in [-0.2, 0) is 13.0 Å². The molecule has 1 N–H and O–H groups in total. The third kappa shape index (κ3) is 4.26. The van der Waals surface area contributed by atoms with Crippen molar-refractivity contribution >= 4 is 15.9 Å². The lowest BCUT2D eigenvalue weighted by Gasteiger charge is -2.08. The van der Waals surface area contributed by atoms with Crippen LogP contribution in [0.15, 0.2) is 10.7 Å². The van der Waals surface area contributed by atoms with Gasteiger partial charge in [0, 0.05) is 6.54 Å². The van der Waals surface area contributed by atoms with E-state index in [-0.39, 0.29) is 0 Å². The van der Waals surface area contributed by atoms with Crippen LogP contribution in [0.1, 0.15) is 32.9 Å². The van der Waals surface area contributed by atoms with Crippen molar-refractivity contribution in [3.05, 3.63) is 16.4 Å². The lowest BCUT2D eigenvalue weighted by atomic mass is 10.2. The molecule has 0 aromatic carbocycles. The molecule has 16 heavy (non-hydrogen) atoms. The Bertz CT molecular complexity index is 307. The number of halogens is 1. The summed E-state index contributed by atoms with van der Waals surface area (Å²) in [4.78, 5) is 0. The maximum Gasteiger partial charge on any atom is 0.0635 e. The third-order valence-corrected chi connectivity index (χ3v) is 3.18. The van der Waals surface area contributed by atoms with Crippen LogP contribution in [0.25, 0.3) is 0 Å². The van der Waals surface area contributed by atoms with E-state index in [1.807, 2.05) is 6.20 Å². The van der Waals surface area contributed by atoms with Crippen molar-refractivity contribution in [2.45, 2.75) is 40.2 Å². The Morgan fingerprint density at radius 1 is 1.50 bits per heavy atom. The number of hydrogen-bond acceptors (Lipinski definition) is 2. The molecule has 1 aromatic heterocycles. The van der Waals surface area contributed by atoms with Crippen molar-refractivity contribution in [3.8, 4) is 0 Å². The number of nitrogens with zero attached hydrogens (tertiary/aromatic N) is 2. The number of aromatic nitrogens is 2. The first-order valence-corrected chi connectivity index (χ1v) is 6.85. The fraction of sp³-hybridized carbons (Fsp3) is 0.750. The summed E-state index contributed by atoms with van der Waals surface area (Å²) < 4.78 is 3.20. The fourth-order valence-electron chi connectivity index (χ4n) is 1.68. The Morgan fingerprint density at radius 2 is 2.25 bits per heavy atom. The Kier molecular flexibility index (Phi) is 6.06. The fourth-order valence-corrected chi connectivity index (χ4v) is 2.17. The van der Waals surface area contributed by atoms with Crippen LogP contribution in [0.5, 0.6) is 0 Å². The predicted molar refractivity (Wildman–Crippen MR) is 71.6 cm³/mol. The van der Waals surface area contributed by atoms with Crippen molar-refractivity contribution in [1.82, 2.24) is 15.1 Å². The molecule has 1 aromatic rings. The molecule has 0 amide bonds. The van der Waals surface area contributed by atoms with E-state index < -0.39 is 0 Å². The Labute approximate surface area is 107 Å². The molecule has 0 aliphatic rings. The van der Waals surface area contributed by atoms with E-state index in [1.54, 1.807) is 0 Å². The van der Waals surface area contributed by atoms with Gasteiger partial charge in [-0.1, -0.05) is 13.8 Å². The van der Waals surface area contributed by atoms with Crippen molar-refractivity contribution < 1.29 is 0 Å². The van der Waals surface area contributed by atoms with Gasteiger partial charge in [0.15, 0.2) is 0 Å². The summed E-state index contributed by atoms with van der Waals surface area (Å²) >= 11 is 3.55. The van der Waals surface area contributed by atoms with Crippen molar-refractivity contribution in [1.29, 1.82) is 0 Å². The number of aryl methyl sites for hydroxylation is 1. The van der Waals surface area contributed by atoms with E-state index in [0.29, 0.717) is 0 Å². The van der Waals surface area contributed by atoms with Crippen LogP contribution in [0, 0.1) is 5.92 Å². The van der Waals surface area contributed by atoms with Gasteiger partial charge in [-0.15, -0.1) is 0 Å². The maximum atomic E-state index is 4.31.